The number of hydrogen-bond donors (Lipinski definition) is 0. The second kappa shape index (κ2) is 4.67. The molecular weight excluding hydrogens is 292 g/mol. The molecule has 0 unspecified atom stereocenters. The highest BCUT2D eigenvalue weighted by molar-refractivity contribution is 9.10. The van der Waals surface area contributed by atoms with Crippen LogP contribution in [0.25, 0.3) is 0 Å². The van der Waals surface area contributed by atoms with Crippen LogP contribution in [0.4, 0.5) is 0 Å². The summed E-state index contributed by atoms with van der Waals surface area (Å²) in [6.45, 7) is 0. The largest absolute Gasteiger partial charge is 0.356 e. The second-order valence-corrected chi connectivity index (χ2v) is 5.08. The zero-order chi connectivity index (χ0) is 12.5. The molecule has 18 heavy (non-hydrogen) atoms. The Labute approximate surface area is 114 Å². The Kier molecular flexibility index (Phi) is 3.02. The first kappa shape index (κ1) is 11.6. The molecule has 90 valence electrons. The minimum Gasteiger partial charge on any atom is -0.356 e. The average Bonchev–Trinajstić information content (AvgIpc) is 3.20. The quantitative estimate of drug-likeness (QED) is 0.638. The van der Waals surface area contributed by atoms with Gasteiger partial charge in [0.25, 0.3) is 0 Å². The molecule has 2 atom stereocenters. The molecule has 3 heteroatoms. The van der Waals surface area contributed by atoms with E-state index in [4.69, 9.17) is 4.74 Å². The first-order chi connectivity index (χ1) is 8.77. The summed E-state index contributed by atoms with van der Waals surface area (Å²) in [6, 6.07) is 17.1. The average molecular weight is 303 g/mol. The molecule has 2 aromatic carbocycles. The predicted molar refractivity (Wildman–Crippen MR) is 72.5 cm³/mol. The Morgan fingerprint density at radius 1 is 1.00 bits per heavy atom. The maximum atomic E-state index is 12.2. The lowest BCUT2D eigenvalue weighted by molar-refractivity contribution is 0.0953. The number of ether oxygens (including phenoxy) is 1. The second-order valence-electron chi connectivity index (χ2n) is 4.23. The van der Waals surface area contributed by atoms with Crippen LogP contribution in [0.1, 0.15) is 22.0 Å². The minimum atomic E-state index is -0.342. The van der Waals surface area contributed by atoms with E-state index >= 15 is 0 Å². The van der Waals surface area contributed by atoms with Crippen molar-refractivity contribution in [3.05, 3.63) is 70.2 Å². The van der Waals surface area contributed by atoms with E-state index in [1.807, 2.05) is 54.6 Å². The Morgan fingerprint density at radius 2 is 1.67 bits per heavy atom. The predicted octanol–water partition coefficient (Wildman–Crippen LogP) is 3.77. The van der Waals surface area contributed by atoms with Crippen LogP contribution in [0.3, 0.4) is 0 Å². The van der Waals surface area contributed by atoms with Gasteiger partial charge in [-0.2, -0.15) is 0 Å². The number of rotatable bonds is 3. The van der Waals surface area contributed by atoms with E-state index in [2.05, 4.69) is 15.9 Å². The molecule has 1 fully saturated rings. The Bertz CT molecular complexity index is 580. The first-order valence-electron chi connectivity index (χ1n) is 5.76. The first-order valence-corrected chi connectivity index (χ1v) is 6.56. The molecule has 0 amide bonds. The summed E-state index contributed by atoms with van der Waals surface area (Å²) in [5, 5.41) is 0. The number of epoxide rings is 1. The zero-order valence-electron chi connectivity index (χ0n) is 9.55. The molecule has 2 nitrogen and oxygen atoms in total. The lowest BCUT2D eigenvalue weighted by Crippen LogP contribution is -2.07. The number of carbonyl (C=O) groups is 1. The number of carbonyl (C=O) groups excluding carboxylic acids is 1. The summed E-state index contributed by atoms with van der Waals surface area (Å²) >= 11 is 3.48. The van der Waals surface area contributed by atoms with Crippen LogP contribution in [-0.2, 0) is 4.74 Å². The van der Waals surface area contributed by atoms with Crippen LogP contribution in [-0.4, -0.2) is 11.9 Å². The van der Waals surface area contributed by atoms with Crippen LogP contribution in [0.15, 0.2) is 59.1 Å². The van der Waals surface area contributed by atoms with Gasteiger partial charge in [0.2, 0.25) is 0 Å². The summed E-state index contributed by atoms with van der Waals surface area (Å²) in [7, 11) is 0. The standard InChI is InChI=1S/C15H11BrO2/c16-12-9-5-4-8-11(12)14-15(18-14)13(17)10-6-2-1-3-7-10/h1-9,14-15H/t14-,15-/m1/s1. The van der Waals surface area contributed by atoms with Crippen LogP contribution in [0.5, 0.6) is 0 Å². The fraction of sp³-hybridized carbons (Fsp3) is 0.133. The molecule has 3 rings (SSSR count). The van der Waals surface area contributed by atoms with Gasteiger partial charge >= 0.3 is 0 Å². The summed E-state index contributed by atoms with van der Waals surface area (Å²) in [5.41, 5.74) is 1.74. The number of hydrogen-bond acceptors (Lipinski definition) is 2. The van der Waals surface area contributed by atoms with Crippen molar-refractivity contribution in [2.75, 3.05) is 0 Å². The van der Waals surface area contributed by atoms with Crippen LogP contribution in [0.2, 0.25) is 0 Å². The Balaban J connectivity index is 1.79. The molecule has 0 aromatic heterocycles. The van der Waals surface area contributed by atoms with Crippen molar-refractivity contribution in [1.29, 1.82) is 0 Å². The lowest BCUT2D eigenvalue weighted by atomic mass is 10.0. The molecule has 1 heterocycles. The topological polar surface area (TPSA) is 29.6 Å². The summed E-state index contributed by atoms with van der Waals surface area (Å²) in [4.78, 5) is 12.2. The van der Waals surface area contributed by atoms with Gasteiger partial charge in [-0.05, 0) is 11.6 Å². The van der Waals surface area contributed by atoms with E-state index < -0.39 is 0 Å². The van der Waals surface area contributed by atoms with Crippen molar-refractivity contribution >= 4 is 21.7 Å². The smallest absolute Gasteiger partial charge is 0.194 e. The summed E-state index contributed by atoms with van der Waals surface area (Å²) in [5.74, 6) is 0.0522. The molecule has 2 aromatic rings. The van der Waals surface area contributed by atoms with Crippen molar-refractivity contribution in [2.24, 2.45) is 0 Å². The summed E-state index contributed by atoms with van der Waals surface area (Å²) < 4.78 is 6.51. The third-order valence-electron chi connectivity index (χ3n) is 3.02. The van der Waals surface area contributed by atoms with Gasteiger partial charge in [0, 0.05) is 10.0 Å². The van der Waals surface area contributed by atoms with E-state index in [1.165, 1.54) is 0 Å². The maximum absolute atomic E-state index is 12.2. The third-order valence-corrected chi connectivity index (χ3v) is 3.74. The molecule has 0 spiro atoms. The monoisotopic (exact) mass is 302 g/mol. The molecule has 1 aliphatic heterocycles. The number of benzene rings is 2. The summed E-state index contributed by atoms with van der Waals surface area (Å²) in [6.07, 6.45) is -0.459. The van der Waals surface area contributed by atoms with E-state index in [1.54, 1.807) is 0 Å². The number of Topliss-reactive ketones (excluding diaryl/α,β-unsaturated/α-hetero) is 1. The van der Waals surface area contributed by atoms with Crippen LogP contribution >= 0.6 is 15.9 Å². The van der Waals surface area contributed by atoms with Crippen molar-refractivity contribution in [1.82, 2.24) is 0 Å². The van der Waals surface area contributed by atoms with Gasteiger partial charge < -0.3 is 4.74 Å². The van der Waals surface area contributed by atoms with Gasteiger partial charge in [-0.3, -0.25) is 4.79 Å². The van der Waals surface area contributed by atoms with Gasteiger partial charge in [-0.25, -0.2) is 0 Å². The van der Waals surface area contributed by atoms with Gasteiger partial charge in [0.15, 0.2) is 11.9 Å². The van der Waals surface area contributed by atoms with Gasteiger partial charge in [0.05, 0.1) is 0 Å². The Morgan fingerprint density at radius 3 is 2.39 bits per heavy atom. The van der Waals surface area contributed by atoms with E-state index in [9.17, 15) is 4.79 Å². The van der Waals surface area contributed by atoms with Crippen molar-refractivity contribution in [3.63, 3.8) is 0 Å². The fourth-order valence-electron chi connectivity index (χ4n) is 2.02. The molecule has 0 saturated carbocycles. The highest BCUT2D eigenvalue weighted by Gasteiger charge is 2.46. The van der Waals surface area contributed by atoms with Crippen molar-refractivity contribution in [2.45, 2.75) is 12.2 Å². The molecule has 0 aliphatic carbocycles. The van der Waals surface area contributed by atoms with Gasteiger partial charge in [0.1, 0.15) is 6.10 Å². The lowest BCUT2D eigenvalue weighted by Gasteiger charge is -1.99. The zero-order valence-corrected chi connectivity index (χ0v) is 11.1. The highest BCUT2D eigenvalue weighted by Crippen LogP contribution is 2.43. The molecule has 1 saturated heterocycles. The van der Waals surface area contributed by atoms with Crippen LogP contribution in [0, 0.1) is 0 Å². The SMILES string of the molecule is O=C(c1ccccc1)[C@H]1O[C@@H]1c1ccccc1Br. The van der Waals surface area contributed by atoms with Gasteiger partial charge in [-0.1, -0.05) is 64.5 Å². The molecule has 0 bridgehead atoms. The Hall–Kier alpha value is -1.45. The molecule has 0 N–H and O–H groups in total. The minimum absolute atomic E-state index is 0.0522. The van der Waals surface area contributed by atoms with E-state index in [0.29, 0.717) is 5.56 Å². The molecular formula is C15H11BrO2. The number of halogens is 1. The van der Waals surface area contributed by atoms with Crippen molar-refractivity contribution < 1.29 is 9.53 Å². The van der Waals surface area contributed by atoms with E-state index in [-0.39, 0.29) is 18.0 Å². The fourth-order valence-corrected chi connectivity index (χ4v) is 2.53. The normalized spacial score (nSPS) is 21.6. The number of ketones is 1. The van der Waals surface area contributed by atoms with E-state index in [0.717, 1.165) is 10.0 Å². The van der Waals surface area contributed by atoms with Gasteiger partial charge in [-0.15, -0.1) is 0 Å². The maximum Gasteiger partial charge on any atom is 0.194 e. The van der Waals surface area contributed by atoms with Crippen molar-refractivity contribution in [3.8, 4) is 0 Å². The van der Waals surface area contributed by atoms with Crippen LogP contribution < -0.4 is 0 Å². The molecule has 0 radical (unpaired) electrons. The third kappa shape index (κ3) is 2.11. The molecule has 1 aliphatic rings. The highest BCUT2D eigenvalue weighted by atomic mass is 79.9.